The molecule has 0 atom stereocenters. The first kappa shape index (κ1) is 16.2. The number of carbonyl (C=O) groups excluding carboxylic acids is 1. The summed E-state index contributed by atoms with van der Waals surface area (Å²) in [6, 6.07) is 1.74. The van der Waals surface area contributed by atoms with E-state index >= 15 is 0 Å². The smallest absolute Gasteiger partial charge is 0.347 e. The number of carbonyl (C=O) groups is 2. The third-order valence-corrected chi connectivity index (χ3v) is 4.25. The van der Waals surface area contributed by atoms with Crippen molar-refractivity contribution in [1.29, 1.82) is 0 Å². The van der Waals surface area contributed by atoms with Crippen LogP contribution in [0.1, 0.15) is 49.9 Å². The van der Waals surface area contributed by atoms with Gasteiger partial charge in [-0.1, -0.05) is 13.3 Å². The van der Waals surface area contributed by atoms with Crippen LogP contribution in [0, 0.1) is 6.92 Å². The van der Waals surface area contributed by atoms with Crippen LogP contribution in [0.2, 0.25) is 0 Å². The SMILES string of the molecule is CCCc1cc(C(=O)NCCc2nc(C)c(C(=O)O)s2)n[nH]1. The van der Waals surface area contributed by atoms with Crippen LogP contribution in [0.5, 0.6) is 0 Å². The Morgan fingerprint density at radius 3 is 2.82 bits per heavy atom. The number of nitrogens with zero attached hydrogens (tertiary/aromatic N) is 2. The van der Waals surface area contributed by atoms with Crippen LogP contribution in [0.15, 0.2) is 6.07 Å². The van der Waals surface area contributed by atoms with Gasteiger partial charge in [-0.2, -0.15) is 5.10 Å². The summed E-state index contributed by atoms with van der Waals surface area (Å²) in [5.74, 6) is -1.21. The molecule has 2 rings (SSSR count). The molecule has 0 spiro atoms. The number of carboxylic acids is 1. The quantitative estimate of drug-likeness (QED) is 0.720. The van der Waals surface area contributed by atoms with Crippen molar-refractivity contribution in [2.45, 2.75) is 33.1 Å². The van der Waals surface area contributed by atoms with E-state index in [2.05, 4.69) is 27.4 Å². The normalized spacial score (nSPS) is 10.6. The minimum Gasteiger partial charge on any atom is -0.477 e. The highest BCUT2D eigenvalue weighted by Gasteiger charge is 2.14. The van der Waals surface area contributed by atoms with Crippen molar-refractivity contribution in [2.75, 3.05) is 6.54 Å². The molecule has 2 aromatic rings. The Hall–Kier alpha value is -2.22. The van der Waals surface area contributed by atoms with Gasteiger partial charge in [0.1, 0.15) is 10.6 Å². The molecule has 0 bridgehead atoms. The van der Waals surface area contributed by atoms with Gasteiger partial charge in [0, 0.05) is 18.7 Å². The van der Waals surface area contributed by atoms with Gasteiger partial charge in [0.05, 0.1) is 10.7 Å². The fraction of sp³-hybridized carbons (Fsp3) is 0.429. The lowest BCUT2D eigenvalue weighted by atomic mass is 10.2. The van der Waals surface area contributed by atoms with Crippen LogP contribution < -0.4 is 5.32 Å². The minimum atomic E-state index is -0.967. The molecular formula is C14H18N4O3S. The van der Waals surface area contributed by atoms with Crippen molar-refractivity contribution >= 4 is 23.2 Å². The van der Waals surface area contributed by atoms with E-state index < -0.39 is 5.97 Å². The number of aromatic nitrogens is 3. The number of H-pyrrole nitrogens is 1. The van der Waals surface area contributed by atoms with E-state index in [0.29, 0.717) is 29.4 Å². The van der Waals surface area contributed by atoms with Crippen molar-refractivity contribution < 1.29 is 14.7 Å². The van der Waals surface area contributed by atoms with E-state index in [1.807, 2.05) is 0 Å². The monoisotopic (exact) mass is 322 g/mol. The van der Waals surface area contributed by atoms with Crippen LogP contribution in [0.3, 0.4) is 0 Å². The second-order valence-corrected chi connectivity index (χ2v) is 5.95. The number of nitrogens with one attached hydrogen (secondary N) is 2. The number of aromatic carboxylic acids is 1. The van der Waals surface area contributed by atoms with E-state index in [1.165, 1.54) is 0 Å². The highest BCUT2D eigenvalue weighted by Crippen LogP contribution is 2.18. The van der Waals surface area contributed by atoms with Gasteiger partial charge >= 0.3 is 5.97 Å². The van der Waals surface area contributed by atoms with Gasteiger partial charge in [-0.15, -0.1) is 11.3 Å². The zero-order valence-corrected chi connectivity index (χ0v) is 13.3. The lowest BCUT2D eigenvalue weighted by molar-refractivity contribution is 0.0701. The predicted molar refractivity (Wildman–Crippen MR) is 82.4 cm³/mol. The fourth-order valence-electron chi connectivity index (χ4n) is 2.01. The second-order valence-electron chi connectivity index (χ2n) is 4.86. The molecule has 2 aromatic heterocycles. The number of aromatic amines is 1. The van der Waals surface area contributed by atoms with Gasteiger partial charge < -0.3 is 10.4 Å². The van der Waals surface area contributed by atoms with Crippen LogP contribution in [-0.2, 0) is 12.8 Å². The van der Waals surface area contributed by atoms with Gasteiger partial charge in [-0.3, -0.25) is 9.89 Å². The van der Waals surface area contributed by atoms with Crippen LogP contribution in [-0.4, -0.2) is 38.7 Å². The third-order valence-electron chi connectivity index (χ3n) is 3.04. The molecule has 1 amide bonds. The van der Waals surface area contributed by atoms with Crippen molar-refractivity contribution in [1.82, 2.24) is 20.5 Å². The molecular weight excluding hydrogens is 304 g/mol. The number of aryl methyl sites for hydroxylation is 2. The second kappa shape index (κ2) is 7.17. The lowest BCUT2D eigenvalue weighted by Crippen LogP contribution is -2.26. The largest absolute Gasteiger partial charge is 0.477 e. The molecule has 118 valence electrons. The molecule has 0 saturated heterocycles. The first-order chi connectivity index (χ1) is 10.5. The van der Waals surface area contributed by atoms with Crippen LogP contribution >= 0.6 is 11.3 Å². The van der Waals surface area contributed by atoms with Crippen molar-refractivity contribution in [2.24, 2.45) is 0 Å². The zero-order chi connectivity index (χ0) is 16.1. The third kappa shape index (κ3) is 3.91. The van der Waals surface area contributed by atoms with Crippen molar-refractivity contribution in [3.63, 3.8) is 0 Å². The Kier molecular flexibility index (Phi) is 5.26. The minimum absolute atomic E-state index is 0.245. The highest BCUT2D eigenvalue weighted by molar-refractivity contribution is 7.13. The molecule has 22 heavy (non-hydrogen) atoms. The standard InChI is InChI=1S/C14H18N4O3S/c1-3-4-9-7-10(18-17-9)13(19)15-6-5-11-16-8(2)12(22-11)14(20)21/h7H,3-6H2,1-2H3,(H,15,19)(H,17,18)(H,20,21). The van der Waals surface area contributed by atoms with Gasteiger partial charge in [-0.05, 0) is 19.4 Å². The van der Waals surface area contributed by atoms with E-state index in [-0.39, 0.29) is 10.8 Å². The number of carboxylic acid groups (broad SMARTS) is 1. The number of hydrogen-bond acceptors (Lipinski definition) is 5. The van der Waals surface area contributed by atoms with Gasteiger partial charge in [0.25, 0.3) is 5.91 Å². The molecule has 0 radical (unpaired) electrons. The number of hydrogen-bond donors (Lipinski definition) is 3. The summed E-state index contributed by atoms with van der Waals surface area (Å²) < 4.78 is 0. The molecule has 0 aromatic carbocycles. The Bertz CT molecular complexity index is 677. The Balaban J connectivity index is 1.86. The molecule has 0 saturated carbocycles. The highest BCUT2D eigenvalue weighted by atomic mass is 32.1. The molecule has 3 N–H and O–H groups in total. The molecule has 8 heteroatoms. The van der Waals surface area contributed by atoms with Gasteiger partial charge in [0.2, 0.25) is 0 Å². The lowest BCUT2D eigenvalue weighted by Gasteiger charge is -2.00. The molecule has 0 fully saturated rings. The summed E-state index contributed by atoms with van der Waals surface area (Å²) in [5.41, 5.74) is 1.81. The molecule has 2 heterocycles. The number of amides is 1. The van der Waals surface area contributed by atoms with E-state index in [0.717, 1.165) is 29.9 Å². The van der Waals surface area contributed by atoms with E-state index in [9.17, 15) is 9.59 Å². The number of rotatable bonds is 7. The first-order valence-electron chi connectivity index (χ1n) is 7.03. The maximum absolute atomic E-state index is 11.9. The Morgan fingerprint density at radius 1 is 1.41 bits per heavy atom. The van der Waals surface area contributed by atoms with E-state index in [1.54, 1.807) is 13.0 Å². The summed E-state index contributed by atoms with van der Waals surface area (Å²) in [6.07, 6.45) is 2.34. The maximum Gasteiger partial charge on any atom is 0.347 e. The Morgan fingerprint density at radius 2 is 2.18 bits per heavy atom. The molecule has 7 nitrogen and oxygen atoms in total. The maximum atomic E-state index is 11.9. The van der Waals surface area contributed by atoms with Crippen molar-refractivity contribution in [3.8, 4) is 0 Å². The average molecular weight is 322 g/mol. The zero-order valence-electron chi connectivity index (χ0n) is 12.5. The summed E-state index contributed by atoms with van der Waals surface area (Å²) in [6.45, 7) is 4.11. The average Bonchev–Trinajstić information content (AvgIpc) is 3.06. The summed E-state index contributed by atoms with van der Waals surface area (Å²) >= 11 is 1.14. The number of thiazole rings is 1. The fourth-order valence-corrected chi connectivity index (χ4v) is 2.91. The van der Waals surface area contributed by atoms with Gasteiger partial charge in [-0.25, -0.2) is 9.78 Å². The molecule has 0 aliphatic rings. The predicted octanol–water partition coefficient (Wildman–Crippen LogP) is 1.80. The summed E-state index contributed by atoms with van der Waals surface area (Å²) in [4.78, 5) is 27.3. The Labute approximate surface area is 131 Å². The van der Waals surface area contributed by atoms with Crippen LogP contribution in [0.25, 0.3) is 0 Å². The summed E-state index contributed by atoms with van der Waals surface area (Å²) in [5, 5.41) is 19.2. The molecule has 0 unspecified atom stereocenters. The van der Waals surface area contributed by atoms with E-state index in [4.69, 9.17) is 5.11 Å². The molecule has 0 aliphatic heterocycles. The van der Waals surface area contributed by atoms with Gasteiger partial charge in [0.15, 0.2) is 0 Å². The topological polar surface area (TPSA) is 108 Å². The summed E-state index contributed by atoms with van der Waals surface area (Å²) in [7, 11) is 0. The first-order valence-corrected chi connectivity index (χ1v) is 7.85. The van der Waals surface area contributed by atoms with Crippen molar-refractivity contribution in [3.05, 3.63) is 33.0 Å². The van der Waals surface area contributed by atoms with Crippen LogP contribution in [0.4, 0.5) is 0 Å². The molecule has 0 aliphatic carbocycles.